The molecule has 1 aliphatic heterocycles. The highest BCUT2D eigenvalue weighted by Gasteiger charge is 2.28. The molecule has 1 amide bonds. The molecule has 8 heteroatoms. The Kier molecular flexibility index (Phi) is 6.74. The van der Waals surface area contributed by atoms with Crippen molar-refractivity contribution in [3.05, 3.63) is 59.1 Å². The van der Waals surface area contributed by atoms with Gasteiger partial charge in [-0.05, 0) is 43.0 Å². The van der Waals surface area contributed by atoms with Crippen LogP contribution in [0.4, 0.5) is 5.95 Å². The number of aromatic nitrogens is 4. The number of anilines is 1. The van der Waals surface area contributed by atoms with Gasteiger partial charge in [-0.25, -0.2) is 9.97 Å². The Hall–Kier alpha value is -2.93. The predicted octanol–water partition coefficient (Wildman–Crippen LogP) is 4.16. The van der Waals surface area contributed by atoms with E-state index in [0.717, 1.165) is 41.8 Å². The van der Waals surface area contributed by atoms with Crippen LogP contribution in [-0.4, -0.2) is 57.7 Å². The summed E-state index contributed by atoms with van der Waals surface area (Å²) in [6.07, 6.45) is 8.07. The van der Waals surface area contributed by atoms with Crippen molar-refractivity contribution in [1.82, 2.24) is 24.6 Å². The van der Waals surface area contributed by atoms with Gasteiger partial charge >= 0.3 is 0 Å². The first-order valence-corrected chi connectivity index (χ1v) is 11.4. The molecule has 0 aliphatic carbocycles. The second-order valence-electron chi connectivity index (χ2n) is 8.58. The summed E-state index contributed by atoms with van der Waals surface area (Å²) in [5.41, 5.74) is 4.13. The van der Waals surface area contributed by atoms with Gasteiger partial charge in [0.1, 0.15) is 0 Å². The number of hydrogen-bond donors (Lipinski definition) is 0. The summed E-state index contributed by atoms with van der Waals surface area (Å²) >= 11 is 6.10. The Balaban J connectivity index is 1.55. The van der Waals surface area contributed by atoms with Crippen LogP contribution in [0.15, 0.2) is 42.9 Å². The summed E-state index contributed by atoms with van der Waals surface area (Å²) < 4.78 is 1.83. The van der Waals surface area contributed by atoms with Gasteiger partial charge in [-0.2, -0.15) is 5.10 Å². The number of aryl methyl sites for hydroxylation is 2. The van der Waals surface area contributed by atoms with Crippen LogP contribution in [0.2, 0.25) is 5.02 Å². The summed E-state index contributed by atoms with van der Waals surface area (Å²) in [5.74, 6) is 1.00. The lowest BCUT2D eigenvalue weighted by atomic mass is 9.89. The Labute approximate surface area is 194 Å². The fourth-order valence-electron chi connectivity index (χ4n) is 4.15. The number of hydrogen-bond acceptors (Lipinski definition) is 5. The summed E-state index contributed by atoms with van der Waals surface area (Å²) in [5, 5.41) is 4.99. The maximum atomic E-state index is 13.0. The van der Waals surface area contributed by atoms with Crippen LogP contribution in [0.5, 0.6) is 0 Å². The Morgan fingerprint density at radius 1 is 1.22 bits per heavy atom. The summed E-state index contributed by atoms with van der Waals surface area (Å²) in [6, 6.07) is 7.76. The van der Waals surface area contributed by atoms with E-state index in [1.54, 1.807) is 0 Å². The van der Waals surface area contributed by atoms with Crippen molar-refractivity contribution in [2.75, 3.05) is 32.1 Å². The highest BCUT2D eigenvalue weighted by Crippen LogP contribution is 2.34. The summed E-state index contributed by atoms with van der Waals surface area (Å²) in [4.78, 5) is 26.3. The van der Waals surface area contributed by atoms with E-state index >= 15 is 0 Å². The van der Waals surface area contributed by atoms with Gasteiger partial charge in [-0.1, -0.05) is 23.7 Å². The molecule has 7 nitrogen and oxygen atoms in total. The van der Waals surface area contributed by atoms with E-state index in [0.29, 0.717) is 30.5 Å². The zero-order chi connectivity index (χ0) is 22.7. The molecule has 32 heavy (non-hydrogen) atoms. The first kappa shape index (κ1) is 22.3. The van der Waals surface area contributed by atoms with Crippen LogP contribution >= 0.6 is 11.6 Å². The zero-order valence-corrected chi connectivity index (χ0v) is 19.6. The molecule has 2 aromatic heterocycles. The first-order chi connectivity index (χ1) is 15.4. The molecule has 0 bridgehead atoms. The number of nitrogens with zero attached hydrogens (tertiary/aromatic N) is 6. The van der Waals surface area contributed by atoms with Gasteiger partial charge in [0.15, 0.2) is 0 Å². The molecule has 3 heterocycles. The molecule has 0 unspecified atom stereocenters. The van der Waals surface area contributed by atoms with Crippen LogP contribution in [0.25, 0.3) is 11.1 Å². The van der Waals surface area contributed by atoms with Crippen molar-refractivity contribution in [2.45, 2.75) is 38.6 Å². The molecule has 1 aliphatic rings. The van der Waals surface area contributed by atoms with Gasteiger partial charge in [0.05, 0.1) is 11.9 Å². The van der Waals surface area contributed by atoms with Crippen LogP contribution in [0, 0.1) is 6.92 Å². The van der Waals surface area contributed by atoms with E-state index in [2.05, 4.69) is 10.1 Å². The average molecular weight is 453 g/mol. The Morgan fingerprint density at radius 3 is 2.69 bits per heavy atom. The maximum Gasteiger partial charge on any atom is 0.225 e. The van der Waals surface area contributed by atoms with Crippen molar-refractivity contribution >= 4 is 23.5 Å². The summed E-state index contributed by atoms with van der Waals surface area (Å²) in [6.45, 7) is 4.06. The third kappa shape index (κ3) is 5.10. The SMILES string of the molecule is Cc1cnn(CCC(=O)N2CCC[C@H](c3nc(N(C)C)ncc3-c3ccc(Cl)cc3)C2)c1. The van der Waals surface area contributed by atoms with Gasteiger partial charge in [-0.3, -0.25) is 9.48 Å². The number of carbonyl (C=O) groups is 1. The topological polar surface area (TPSA) is 67.2 Å². The monoisotopic (exact) mass is 452 g/mol. The third-order valence-electron chi connectivity index (χ3n) is 5.84. The number of benzene rings is 1. The van der Waals surface area contributed by atoms with E-state index in [1.807, 2.05) is 78.4 Å². The van der Waals surface area contributed by atoms with Crippen molar-refractivity contribution in [3.8, 4) is 11.1 Å². The molecule has 3 aromatic rings. The highest BCUT2D eigenvalue weighted by molar-refractivity contribution is 6.30. The first-order valence-electron chi connectivity index (χ1n) is 11.0. The van der Waals surface area contributed by atoms with E-state index in [4.69, 9.17) is 16.6 Å². The minimum atomic E-state index is 0.159. The molecule has 168 valence electrons. The van der Waals surface area contributed by atoms with E-state index in [-0.39, 0.29) is 11.8 Å². The number of likely N-dealkylation sites (tertiary alicyclic amines) is 1. The number of rotatable bonds is 6. The normalized spacial score (nSPS) is 16.2. The smallest absolute Gasteiger partial charge is 0.225 e. The van der Waals surface area contributed by atoms with Crippen molar-refractivity contribution in [3.63, 3.8) is 0 Å². The molecule has 1 fully saturated rings. The highest BCUT2D eigenvalue weighted by atomic mass is 35.5. The third-order valence-corrected chi connectivity index (χ3v) is 6.09. The molecular weight excluding hydrogens is 424 g/mol. The van der Waals surface area contributed by atoms with Crippen molar-refractivity contribution in [1.29, 1.82) is 0 Å². The Bertz CT molecular complexity index is 1080. The van der Waals surface area contributed by atoms with Crippen LogP contribution in [-0.2, 0) is 11.3 Å². The van der Waals surface area contributed by atoms with Crippen molar-refractivity contribution < 1.29 is 4.79 Å². The predicted molar refractivity (Wildman–Crippen MR) is 127 cm³/mol. The maximum absolute atomic E-state index is 13.0. The van der Waals surface area contributed by atoms with Crippen LogP contribution in [0.1, 0.15) is 36.4 Å². The van der Waals surface area contributed by atoms with Gasteiger partial charge in [0, 0.05) is 69.0 Å². The van der Waals surface area contributed by atoms with Gasteiger partial charge in [-0.15, -0.1) is 0 Å². The molecule has 0 N–H and O–H groups in total. The average Bonchev–Trinajstić information content (AvgIpc) is 3.22. The molecule has 0 spiro atoms. The van der Waals surface area contributed by atoms with E-state index < -0.39 is 0 Å². The second kappa shape index (κ2) is 9.69. The molecule has 0 radical (unpaired) electrons. The fourth-order valence-corrected chi connectivity index (χ4v) is 4.27. The van der Waals surface area contributed by atoms with Gasteiger partial charge < -0.3 is 9.80 Å². The fraction of sp³-hybridized carbons (Fsp3) is 0.417. The molecule has 1 atom stereocenters. The molecule has 0 saturated carbocycles. The minimum absolute atomic E-state index is 0.159. The van der Waals surface area contributed by atoms with E-state index in [1.165, 1.54) is 0 Å². The lowest BCUT2D eigenvalue weighted by molar-refractivity contribution is -0.132. The van der Waals surface area contributed by atoms with Gasteiger partial charge in [0.25, 0.3) is 0 Å². The molecule has 1 saturated heterocycles. The zero-order valence-electron chi connectivity index (χ0n) is 18.8. The molecule has 1 aromatic carbocycles. The lowest BCUT2D eigenvalue weighted by Gasteiger charge is -2.33. The molecular formula is C24H29ClN6O. The standard InChI is InChI=1S/C24H29ClN6O/c1-17-13-27-31(15-17)12-10-22(32)30-11-4-5-19(16-30)23-21(14-26-24(28-23)29(2)3)18-6-8-20(25)9-7-18/h6-9,13-15,19H,4-5,10-12,16H2,1-3H3/t19-/m0/s1. The number of halogens is 1. The number of piperidine rings is 1. The second-order valence-corrected chi connectivity index (χ2v) is 9.02. The van der Waals surface area contributed by atoms with Crippen LogP contribution in [0.3, 0.4) is 0 Å². The largest absolute Gasteiger partial charge is 0.347 e. The Morgan fingerprint density at radius 2 is 2.00 bits per heavy atom. The number of carbonyl (C=O) groups excluding carboxylic acids is 1. The lowest BCUT2D eigenvalue weighted by Crippen LogP contribution is -2.39. The molecule has 4 rings (SSSR count). The minimum Gasteiger partial charge on any atom is -0.347 e. The summed E-state index contributed by atoms with van der Waals surface area (Å²) in [7, 11) is 3.88. The quantitative estimate of drug-likeness (QED) is 0.561. The number of amides is 1. The van der Waals surface area contributed by atoms with Crippen molar-refractivity contribution in [2.24, 2.45) is 0 Å². The van der Waals surface area contributed by atoms with E-state index in [9.17, 15) is 4.79 Å². The van der Waals surface area contributed by atoms with Gasteiger partial charge in [0.2, 0.25) is 11.9 Å². The van der Waals surface area contributed by atoms with Crippen LogP contribution < -0.4 is 4.90 Å².